The fraction of sp³-hybridized carbons (Fsp3) is 0.917. The van der Waals surface area contributed by atoms with Crippen LogP contribution in [0, 0.1) is 11.8 Å². The van der Waals surface area contributed by atoms with Crippen LogP contribution in [0.4, 0.5) is 0 Å². The molecule has 0 aromatic carbocycles. The van der Waals surface area contributed by atoms with Crippen LogP contribution < -0.4 is 0 Å². The molecule has 0 radical (unpaired) electrons. The molecule has 0 aliphatic heterocycles. The van der Waals surface area contributed by atoms with Gasteiger partial charge in [0, 0.05) is 0 Å². The summed E-state index contributed by atoms with van der Waals surface area (Å²) in [7, 11) is 0. The lowest BCUT2D eigenvalue weighted by Crippen LogP contribution is -2.20. The average Bonchev–Trinajstić information content (AvgIpc) is 2.64. The first-order valence-corrected chi connectivity index (χ1v) is 11.6. The molecule has 0 spiro atoms. The Morgan fingerprint density at radius 3 is 1.00 bits per heavy atom. The summed E-state index contributed by atoms with van der Waals surface area (Å²) in [6.45, 7) is 0. The largest absolute Gasteiger partial charge is 0.0885 e. The van der Waals surface area contributed by atoms with Crippen molar-refractivity contribution >= 4 is 0 Å². The van der Waals surface area contributed by atoms with Crippen molar-refractivity contribution in [3.8, 4) is 0 Å². The highest BCUT2D eigenvalue weighted by Gasteiger charge is 2.24. The third-order valence-electron chi connectivity index (χ3n) is 6.62. The van der Waals surface area contributed by atoms with Gasteiger partial charge >= 0.3 is 0 Å². The molecule has 3 aliphatic rings. The van der Waals surface area contributed by atoms with E-state index in [1.807, 2.05) is 0 Å². The molecule has 0 aromatic heterocycles. The Balaban J connectivity index is 0.000000174. The third kappa shape index (κ3) is 9.28. The monoisotopic (exact) mass is 332 g/mol. The molecule has 0 N–H and O–H groups in total. The van der Waals surface area contributed by atoms with E-state index in [1.165, 1.54) is 103 Å². The second-order valence-electron chi connectivity index (χ2n) is 8.67. The molecule has 0 aromatic rings. The zero-order chi connectivity index (χ0) is 16.7. The minimum Gasteiger partial charge on any atom is -0.0885 e. The minimum absolute atomic E-state index is 1.14. The van der Waals surface area contributed by atoms with Gasteiger partial charge in [-0.15, -0.1) is 0 Å². The van der Waals surface area contributed by atoms with Crippen molar-refractivity contribution in [3.63, 3.8) is 0 Å². The van der Waals surface area contributed by atoms with Gasteiger partial charge in [-0.05, 0) is 37.5 Å². The van der Waals surface area contributed by atoms with Crippen LogP contribution in [0.25, 0.3) is 0 Å². The van der Waals surface area contributed by atoms with Gasteiger partial charge in [0.1, 0.15) is 0 Å². The van der Waals surface area contributed by atoms with Gasteiger partial charge in [0.25, 0.3) is 0 Å². The zero-order valence-corrected chi connectivity index (χ0v) is 16.5. The van der Waals surface area contributed by atoms with Gasteiger partial charge in [-0.2, -0.15) is 0 Å². The Morgan fingerprint density at radius 2 is 0.625 bits per heavy atom. The predicted molar refractivity (Wildman–Crippen MR) is 108 cm³/mol. The second kappa shape index (κ2) is 14.0. The number of allylic oxidation sites excluding steroid dienone is 2. The van der Waals surface area contributed by atoms with Gasteiger partial charge < -0.3 is 0 Å². The zero-order valence-electron chi connectivity index (χ0n) is 16.5. The van der Waals surface area contributed by atoms with E-state index in [-0.39, 0.29) is 0 Å². The molecule has 24 heavy (non-hydrogen) atoms. The Bertz CT molecular complexity index is 261. The lowest BCUT2D eigenvalue weighted by atomic mass is 9.73. The van der Waals surface area contributed by atoms with E-state index < -0.39 is 0 Å². The molecule has 0 heterocycles. The number of hydrogen-bond acceptors (Lipinski definition) is 0. The number of rotatable bonds is 1. The molecule has 3 rings (SSSR count). The SMILES string of the molecule is C1=CCCCCCCCCCC1.C1CCC(C2CCCCC2)CC1. The van der Waals surface area contributed by atoms with Crippen LogP contribution in [-0.2, 0) is 0 Å². The van der Waals surface area contributed by atoms with E-state index in [0.717, 1.165) is 11.8 Å². The molecule has 0 bridgehead atoms. The summed E-state index contributed by atoms with van der Waals surface area (Å²) in [6, 6.07) is 0. The second-order valence-corrected chi connectivity index (χ2v) is 8.67. The fourth-order valence-corrected chi connectivity index (χ4v) is 5.03. The fourth-order valence-electron chi connectivity index (χ4n) is 5.03. The van der Waals surface area contributed by atoms with Gasteiger partial charge in [0.2, 0.25) is 0 Å². The molecule has 2 saturated carbocycles. The predicted octanol–water partition coefficient (Wildman–Crippen LogP) is 8.60. The summed E-state index contributed by atoms with van der Waals surface area (Å²) in [4.78, 5) is 0. The molecule has 140 valence electrons. The van der Waals surface area contributed by atoms with E-state index in [9.17, 15) is 0 Å². The first kappa shape index (κ1) is 20.1. The smallest absolute Gasteiger partial charge is 0.0351 e. The number of hydrogen-bond donors (Lipinski definition) is 0. The molecule has 0 nitrogen and oxygen atoms in total. The molecule has 3 aliphatic carbocycles. The Kier molecular flexibility index (Phi) is 11.7. The molecule has 2 fully saturated rings. The first-order valence-electron chi connectivity index (χ1n) is 11.6. The van der Waals surface area contributed by atoms with Crippen molar-refractivity contribution in [2.45, 2.75) is 128 Å². The summed E-state index contributed by atoms with van der Waals surface area (Å²) < 4.78 is 0. The maximum Gasteiger partial charge on any atom is -0.0351 e. The van der Waals surface area contributed by atoms with E-state index >= 15 is 0 Å². The van der Waals surface area contributed by atoms with E-state index in [0.29, 0.717) is 0 Å². The van der Waals surface area contributed by atoms with Crippen LogP contribution >= 0.6 is 0 Å². The third-order valence-corrected chi connectivity index (χ3v) is 6.62. The molecular formula is C24H44. The Morgan fingerprint density at radius 1 is 0.333 bits per heavy atom. The Hall–Kier alpha value is -0.260. The summed E-state index contributed by atoms with van der Waals surface area (Å²) >= 11 is 0. The van der Waals surface area contributed by atoms with Gasteiger partial charge in [0.15, 0.2) is 0 Å². The normalized spacial score (nSPS) is 25.8. The van der Waals surface area contributed by atoms with E-state index in [2.05, 4.69) is 12.2 Å². The minimum atomic E-state index is 1.14. The molecule has 0 atom stereocenters. The highest BCUT2D eigenvalue weighted by atomic mass is 14.3. The van der Waals surface area contributed by atoms with Crippen molar-refractivity contribution in [3.05, 3.63) is 12.2 Å². The van der Waals surface area contributed by atoms with Gasteiger partial charge in [-0.3, -0.25) is 0 Å². The first-order chi connectivity index (χ1) is 12.0. The van der Waals surface area contributed by atoms with Gasteiger partial charge in [-0.1, -0.05) is 115 Å². The van der Waals surface area contributed by atoms with Gasteiger partial charge in [0.05, 0.1) is 0 Å². The van der Waals surface area contributed by atoms with Crippen LogP contribution in [0.3, 0.4) is 0 Å². The standard InChI is InChI=1S/2C12H22/c1-3-7-11(8-4-1)12-9-5-2-6-10-12;1-2-4-6-8-10-12-11-9-7-5-3-1/h11-12H,1-10H2;1-2H,3-12H2. The highest BCUT2D eigenvalue weighted by Crippen LogP contribution is 2.37. The van der Waals surface area contributed by atoms with Crippen LogP contribution in [0.2, 0.25) is 0 Å². The maximum absolute atomic E-state index is 2.38. The lowest BCUT2D eigenvalue weighted by Gasteiger charge is -2.32. The molecule has 0 saturated heterocycles. The Labute approximate surface area is 152 Å². The van der Waals surface area contributed by atoms with Crippen molar-refractivity contribution in [1.82, 2.24) is 0 Å². The average molecular weight is 333 g/mol. The molecule has 0 heteroatoms. The van der Waals surface area contributed by atoms with Crippen LogP contribution in [0.15, 0.2) is 12.2 Å². The summed E-state index contributed by atoms with van der Waals surface area (Å²) in [5.41, 5.74) is 0. The van der Waals surface area contributed by atoms with E-state index in [1.54, 1.807) is 25.7 Å². The van der Waals surface area contributed by atoms with Crippen molar-refractivity contribution in [2.24, 2.45) is 11.8 Å². The van der Waals surface area contributed by atoms with E-state index in [4.69, 9.17) is 0 Å². The van der Waals surface area contributed by atoms with Crippen LogP contribution in [-0.4, -0.2) is 0 Å². The lowest BCUT2D eigenvalue weighted by molar-refractivity contribution is 0.196. The topological polar surface area (TPSA) is 0 Å². The molecule has 0 unspecified atom stereocenters. The molecule has 0 amide bonds. The van der Waals surface area contributed by atoms with Crippen LogP contribution in [0.5, 0.6) is 0 Å². The summed E-state index contributed by atoms with van der Waals surface area (Å²) in [5, 5.41) is 0. The summed E-state index contributed by atoms with van der Waals surface area (Å²) in [5.74, 6) is 2.28. The van der Waals surface area contributed by atoms with Crippen molar-refractivity contribution in [2.75, 3.05) is 0 Å². The van der Waals surface area contributed by atoms with Crippen molar-refractivity contribution in [1.29, 1.82) is 0 Å². The maximum atomic E-state index is 2.38. The quantitative estimate of drug-likeness (QED) is 0.422. The summed E-state index contributed by atoms with van der Waals surface area (Å²) in [6.07, 6.45) is 34.4. The van der Waals surface area contributed by atoms with Gasteiger partial charge in [-0.25, -0.2) is 0 Å². The highest BCUT2D eigenvalue weighted by molar-refractivity contribution is 4.81. The van der Waals surface area contributed by atoms with Crippen molar-refractivity contribution < 1.29 is 0 Å². The molecular weight excluding hydrogens is 288 g/mol. The van der Waals surface area contributed by atoms with Crippen LogP contribution in [0.1, 0.15) is 128 Å².